The number of fused-ring (bicyclic) bond motifs is 7. The molecular formula is C78H84BN3. The van der Waals surface area contributed by atoms with Crippen molar-refractivity contribution in [2.45, 2.75) is 157 Å². The van der Waals surface area contributed by atoms with Crippen LogP contribution in [0.1, 0.15) is 158 Å². The van der Waals surface area contributed by atoms with E-state index < -0.39 is 0 Å². The molecule has 0 N–H and O–H groups in total. The predicted octanol–water partition coefficient (Wildman–Crippen LogP) is 20.0. The van der Waals surface area contributed by atoms with Gasteiger partial charge in [-0.05, 0) is 165 Å². The molecule has 0 unspecified atom stereocenters. The Kier molecular flexibility index (Phi) is 12.7. The minimum atomic E-state index is -0.122. The summed E-state index contributed by atoms with van der Waals surface area (Å²) in [5.74, 6) is 0. The fourth-order valence-corrected chi connectivity index (χ4v) is 12.7. The van der Waals surface area contributed by atoms with Crippen molar-refractivity contribution in [1.29, 1.82) is 0 Å². The van der Waals surface area contributed by atoms with E-state index in [1.54, 1.807) is 0 Å². The summed E-state index contributed by atoms with van der Waals surface area (Å²) in [6, 6.07) is 71.2. The minimum absolute atomic E-state index is 0.0645. The summed E-state index contributed by atoms with van der Waals surface area (Å²) in [6.45, 7) is 42.3. The molecule has 9 aromatic carbocycles. The van der Waals surface area contributed by atoms with Crippen LogP contribution in [-0.2, 0) is 32.5 Å². The molecule has 0 amide bonds. The van der Waals surface area contributed by atoms with Crippen LogP contribution in [0, 0.1) is 0 Å². The quantitative estimate of drug-likeness (QED) is 0.159. The third-order valence-electron chi connectivity index (χ3n) is 17.8. The number of benzene rings is 9. The van der Waals surface area contributed by atoms with Crippen molar-refractivity contribution >= 4 is 79.0 Å². The van der Waals surface area contributed by atoms with Gasteiger partial charge in [0.1, 0.15) is 0 Å². The topological polar surface area (TPSA) is 11.4 Å². The van der Waals surface area contributed by atoms with Crippen LogP contribution in [0.3, 0.4) is 0 Å². The van der Waals surface area contributed by atoms with Gasteiger partial charge in [0.2, 0.25) is 0 Å². The van der Waals surface area contributed by atoms with Crippen LogP contribution >= 0.6 is 0 Å². The lowest BCUT2D eigenvalue weighted by molar-refractivity contribution is 0.568. The van der Waals surface area contributed by atoms with E-state index in [0.29, 0.717) is 0 Å². The van der Waals surface area contributed by atoms with Crippen LogP contribution in [-0.4, -0.2) is 11.3 Å². The van der Waals surface area contributed by atoms with E-state index >= 15 is 0 Å². The SMILES string of the molecule is CC(C)(C)c1cc(N2c3ccc(-c4ccccc4)cc3B3c4cc(-c5ccccc5)ccc4N(c4cc(C(C)(C)C)cc(C(C)(C)C)c4)c4cc(-n5c6cc(C(C)(C)C)ccc6c6ccc(C(C)(C)C)cc65)cc2c43)cc(C(C)(C)C)c1. The molecule has 2 aliphatic rings. The highest BCUT2D eigenvalue weighted by Crippen LogP contribution is 2.50. The molecule has 1 aromatic heterocycles. The van der Waals surface area contributed by atoms with E-state index in [1.807, 2.05) is 0 Å². The molecule has 0 atom stereocenters. The second kappa shape index (κ2) is 19.0. The molecule has 414 valence electrons. The zero-order valence-electron chi connectivity index (χ0n) is 52.2. The summed E-state index contributed by atoms with van der Waals surface area (Å²) in [5.41, 5.74) is 26.8. The summed E-state index contributed by atoms with van der Waals surface area (Å²) >= 11 is 0. The summed E-state index contributed by atoms with van der Waals surface area (Å²) in [7, 11) is 0. The predicted molar refractivity (Wildman–Crippen MR) is 358 cm³/mol. The minimum Gasteiger partial charge on any atom is -0.311 e. The molecule has 82 heavy (non-hydrogen) atoms. The maximum Gasteiger partial charge on any atom is 0.252 e. The first-order valence-electron chi connectivity index (χ1n) is 30.0. The molecule has 0 aliphatic carbocycles. The summed E-state index contributed by atoms with van der Waals surface area (Å²) in [5, 5.41) is 2.53. The van der Waals surface area contributed by atoms with Gasteiger partial charge in [-0.1, -0.05) is 246 Å². The van der Waals surface area contributed by atoms with Crippen molar-refractivity contribution in [2.24, 2.45) is 0 Å². The number of hydrogen-bond acceptors (Lipinski definition) is 2. The second-order valence-corrected chi connectivity index (χ2v) is 30.1. The molecule has 0 saturated carbocycles. The highest BCUT2D eigenvalue weighted by atomic mass is 15.2. The Balaban J connectivity index is 1.30. The number of rotatable bonds is 5. The average molecular weight is 1070 g/mol. The first kappa shape index (κ1) is 55.0. The van der Waals surface area contributed by atoms with Crippen LogP contribution < -0.4 is 26.2 Å². The standard InChI is InChI=1S/C78H84BN3/c1-73(2,3)53-31-33-62-63-34-32-54(74(4,5)6)46-69(63)82(68(62)45-53)61-47-70-72-71(48-61)81(60-43-57(77(13,14)15)40-58(44-60)78(16,17)18)67-36-30-52(50-27-23-20-24-28-50)38-65(67)79(72)64-37-51(49-25-21-19-22-26-49)29-35-66(64)80(70)59-41-55(75(7,8)9)39-56(42-59)76(10,11)12/h19-48H,1-18H3. The third-order valence-corrected chi connectivity index (χ3v) is 17.8. The van der Waals surface area contributed by atoms with Crippen LogP contribution in [0.15, 0.2) is 182 Å². The second-order valence-electron chi connectivity index (χ2n) is 30.1. The smallest absolute Gasteiger partial charge is 0.252 e. The zero-order valence-corrected chi connectivity index (χ0v) is 52.2. The van der Waals surface area contributed by atoms with Crippen molar-refractivity contribution in [2.75, 3.05) is 9.80 Å². The number of anilines is 6. The Morgan fingerprint density at radius 2 is 0.610 bits per heavy atom. The number of hydrogen-bond donors (Lipinski definition) is 0. The van der Waals surface area contributed by atoms with Crippen molar-refractivity contribution in [3.8, 4) is 27.9 Å². The molecule has 0 saturated heterocycles. The fourth-order valence-electron chi connectivity index (χ4n) is 12.7. The highest BCUT2D eigenvalue weighted by molar-refractivity contribution is 7.00. The van der Waals surface area contributed by atoms with Gasteiger partial charge >= 0.3 is 0 Å². The van der Waals surface area contributed by atoms with Crippen molar-refractivity contribution in [3.05, 3.63) is 215 Å². The summed E-state index contributed by atoms with van der Waals surface area (Å²) in [4.78, 5) is 5.33. The monoisotopic (exact) mass is 1070 g/mol. The zero-order chi connectivity index (χ0) is 58.4. The molecule has 3 heterocycles. The van der Waals surface area contributed by atoms with Gasteiger partial charge in [-0.3, -0.25) is 0 Å². The lowest BCUT2D eigenvalue weighted by atomic mass is 9.33. The van der Waals surface area contributed by atoms with Crippen molar-refractivity contribution in [1.82, 2.24) is 4.57 Å². The molecule has 0 fully saturated rings. The number of aromatic nitrogens is 1. The van der Waals surface area contributed by atoms with Gasteiger partial charge in [0, 0.05) is 44.9 Å². The number of nitrogens with zero attached hydrogens (tertiary/aromatic N) is 3. The van der Waals surface area contributed by atoms with Gasteiger partial charge < -0.3 is 14.4 Å². The summed E-state index contributed by atoms with van der Waals surface area (Å²) in [6.07, 6.45) is 0. The molecular weight excluding hydrogens is 990 g/mol. The van der Waals surface area contributed by atoms with Crippen molar-refractivity contribution < 1.29 is 0 Å². The fraction of sp³-hybridized carbons (Fsp3) is 0.308. The van der Waals surface area contributed by atoms with Gasteiger partial charge in [-0.25, -0.2) is 0 Å². The van der Waals surface area contributed by atoms with Crippen LogP contribution in [0.2, 0.25) is 0 Å². The first-order chi connectivity index (χ1) is 38.4. The third kappa shape index (κ3) is 9.58. The van der Waals surface area contributed by atoms with E-state index in [4.69, 9.17) is 0 Å². The first-order valence-corrected chi connectivity index (χ1v) is 30.0. The maximum atomic E-state index is 2.67. The molecule has 0 spiro atoms. The van der Waals surface area contributed by atoms with Crippen LogP contribution in [0.4, 0.5) is 34.1 Å². The molecule has 3 nitrogen and oxygen atoms in total. The van der Waals surface area contributed by atoms with E-state index in [2.05, 4.69) is 321 Å². The largest absolute Gasteiger partial charge is 0.311 e. The molecule has 0 bridgehead atoms. The normalized spacial score (nSPS) is 13.9. The Morgan fingerprint density at radius 3 is 0.939 bits per heavy atom. The van der Waals surface area contributed by atoms with Gasteiger partial charge in [0.25, 0.3) is 6.71 Å². The highest BCUT2D eigenvalue weighted by Gasteiger charge is 2.45. The van der Waals surface area contributed by atoms with E-state index in [9.17, 15) is 0 Å². The maximum absolute atomic E-state index is 2.67. The molecule has 10 aromatic rings. The van der Waals surface area contributed by atoms with Gasteiger partial charge in [-0.2, -0.15) is 0 Å². The van der Waals surface area contributed by atoms with Gasteiger partial charge in [0.05, 0.1) is 16.7 Å². The average Bonchev–Trinajstić information content (AvgIpc) is 1.02. The van der Waals surface area contributed by atoms with E-state index in [1.165, 1.54) is 128 Å². The molecule has 2 aliphatic heterocycles. The Hall–Kier alpha value is -7.56. The van der Waals surface area contributed by atoms with Gasteiger partial charge in [0.15, 0.2) is 0 Å². The molecule has 4 heteroatoms. The lowest BCUT2D eigenvalue weighted by Gasteiger charge is -2.45. The Labute approximate surface area is 491 Å². The summed E-state index contributed by atoms with van der Waals surface area (Å²) < 4.78 is 2.62. The van der Waals surface area contributed by atoms with Crippen molar-refractivity contribution in [3.63, 3.8) is 0 Å². The van der Waals surface area contributed by atoms with Crippen LogP contribution in [0.25, 0.3) is 49.7 Å². The Bertz CT molecular complexity index is 3820. The Morgan fingerprint density at radius 1 is 0.268 bits per heavy atom. The molecule has 12 rings (SSSR count). The molecule has 0 radical (unpaired) electrons. The van der Waals surface area contributed by atoms with E-state index in [0.717, 1.165) is 5.69 Å². The van der Waals surface area contributed by atoms with E-state index in [-0.39, 0.29) is 39.2 Å². The lowest BCUT2D eigenvalue weighted by Crippen LogP contribution is -2.61. The van der Waals surface area contributed by atoms with Gasteiger partial charge in [-0.15, -0.1) is 0 Å². The van der Waals surface area contributed by atoms with Crippen LogP contribution in [0.5, 0.6) is 0 Å².